The SMILES string of the molecule is CC(C)(C)OC(=O)N1CC(O)CC1C(=O)OC1CCC1. The van der Waals surface area contributed by atoms with E-state index in [2.05, 4.69) is 0 Å². The minimum atomic E-state index is -0.736. The number of aliphatic hydroxyl groups excluding tert-OH is 1. The van der Waals surface area contributed by atoms with E-state index in [9.17, 15) is 14.7 Å². The number of likely N-dealkylation sites (tertiary alicyclic amines) is 1. The zero-order valence-electron chi connectivity index (χ0n) is 12.3. The molecule has 0 aromatic carbocycles. The smallest absolute Gasteiger partial charge is 0.411 e. The van der Waals surface area contributed by atoms with Crippen molar-refractivity contribution in [1.29, 1.82) is 0 Å². The second-order valence-electron chi connectivity index (χ2n) is 6.53. The number of aliphatic hydroxyl groups is 1. The molecule has 0 spiro atoms. The van der Waals surface area contributed by atoms with Gasteiger partial charge in [0.1, 0.15) is 17.7 Å². The minimum absolute atomic E-state index is 0.0271. The number of nitrogens with zero attached hydrogens (tertiary/aromatic N) is 1. The molecule has 2 rings (SSSR count). The van der Waals surface area contributed by atoms with Gasteiger partial charge in [0.05, 0.1) is 12.6 Å². The molecule has 114 valence electrons. The molecule has 1 aliphatic carbocycles. The summed E-state index contributed by atoms with van der Waals surface area (Å²) in [6.07, 6.45) is 1.74. The number of carbonyl (C=O) groups is 2. The predicted molar refractivity (Wildman–Crippen MR) is 71.1 cm³/mol. The maximum atomic E-state index is 12.1. The van der Waals surface area contributed by atoms with Gasteiger partial charge in [0.15, 0.2) is 0 Å². The van der Waals surface area contributed by atoms with Crippen LogP contribution in [0.4, 0.5) is 4.79 Å². The zero-order chi connectivity index (χ0) is 14.9. The van der Waals surface area contributed by atoms with Crippen molar-refractivity contribution >= 4 is 12.1 Å². The van der Waals surface area contributed by atoms with E-state index in [0.29, 0.717) is 0 Å². The van der Waals surface area contributed by atoms with Crippen LogP contribution in [0.5, 0.6) is 0 Å². The minimum Gasteiger partial charge on any atom is -0.461 e. The molecule has 1 N–H and O–H groups in total. The molecule has 2 unspecified atom stereocenters. The zero-order valence-corrected chi connectivity index (χ0v) is 12.3. The highest BCUT2D eigenvalue weighted by Gasteiger charge is 2.42. The average Bonchev–Trinajstić information content (AvgIpc) is 2.63. The summed E-state index contributed by atoms with van der Waals surface area (Å²) in [4.78, 5) is 25.4. The fourth-order valence-corrected chi connectivity index (χ4v) is 2.29. The lowest BCUT2D eigenvalue weighted by Gasteiger charge is -2.30. The van der Waals surface area contributed by atoms with Crippen LogP contribution in [0.3, 0.4) is 0 Å². The van der Waals surface area contributed by atoms with Crippen molar-refractivity contribution in [1.82, 2.24) is 4.90 Å². The molecule has 1 saturated carbocycles. The van der Waals surface area contributed by atoms with Crippen LogP contribution in [0.25, 0.3) is 0 Å². The van der Waals surface area contributed by atoms with Gasteiger partial charge in [0, 0.05) is 6.42 Å². The maximum absolute atomic E-state index is 12.1. The highest BCUT2D eigenvalue weighted by molar-refractivity contribution is 5.82. The highest BCUT2D eigenvalue weighted by Crippen LogP contribution is 2.26. The molecule has 1 aliphatic heterocycles. The first kappa shape index (κ1) is 15.1. The standard InChI is InChI=1S/C14H23NO5/c1-14(2,3)20-13(18)15-8-9(16)7-11(15)12(17)19-10-5-4-6-10/h9-11,16H,4-8H2,1-3H3. The molecule has 1 amide bonds. The fraction of sp³-hybridized carbons (Fsp3) is 0.857. The first-order chi connectivity index (χ1) is 9.26. The molecule has 1 heterocycles. The molecule has 0 aromatic heterocycles. The number of hydrogen-bond donors (Lipinski definition) is 1. The average molecular weight is 285 g/mol. The Morgan fingerprint density at radius 1 is 1.25 bits per heavy atom. The third kappa shape index (κ3) is 3.62. The molecule has 20 heavy (non-hydrogen) atoms. The molecule has 1 saturated heterocycles. The number of hydrogen-bond acceptors (Lipinski definition) is 5. The summed E-state index contributed by atoms with van der Waals surface area (Å²) in [6.45, 7) is 5.40. The van der Waals surface area contributed by atoms with Gasteiger partial charge in [0.2, 0.25) is 0 Å². The monoisotopic (exact) mass is 285 g/mol. The Morgan fingerprint density at radius 2 is 1.90 bits per heavy atom. The predicted octanol–water partition coefficient (Wildman–Crippen LogP) is 1.45. The van der Waals surface area contributed by atoms with Crippen molar-refractivity contribution in [3.05, 3.63) is 0 Å². The summed E-state index contributed by atoms with van der Waals surface area (Å²) in [7, 11) is 0. The Bertz CT molecular complexity index is 386. The van der Waals surface area contributed by atoms with Crippen molar-refractivity contribution in [2.75, 3.05) is 6.54 Å². The molecule has 0 aromatic rings. The summed E-state index contributed by atoms with van der Waals surface area (Å²) >= 11 is 0. The van der Waals surface area contributed by atoms with Crippen LogP contribution in [0.1, 0.15) is 46.5 Å². The Labute approximate surface area is 119 Å². The van der Waals surface area contributed by atoms with Gasteiger partial charge in [-0.25, -0.2) is 9.59 Å². The first-order valence-electron chi connectivity index (χ1n) is 7.14. The van der Waals surface area contributed by atoms with Gasteiger partial charge in [-0.2, -0.15) is 0 Å². The van der Waals surface area contributed by atoms with Crippen LogP contribution in [0.2, 0.25) is 0 Å². The summed E-state index contributed by atoms with van der Waals surface area (Å²) in [5, 5.41) is 9.71. The lowest BCUT2D eigenvalue weighted by molar-refractivity contribution is -0.158. The Morgan fingerprint density at radius 3 is 2.40 bits per heavy atom. The second kappa shape index (κ2) is 5.60. The van der Waals surface area contributed by atoms with E-state index in [0.717, 1.165) is 19.3 Å². The quantitative estimate of drug-likeness (QED) is 0.777. The van der Waals surface area contributed by atoms with Gasteiger partial charge < -0.3 is 14.6 Å². The third-order valence-corrected chi connectivity index (χ3v) is 3.51. The van der Waals surface area contributed by atoms with Gasteiger partial charge in [-0.05, 0) is 40.0 Å². The van der Waals surface area contributed by atoms with Crippen molar-refractivity contribution in [3.63, 3.8) is 0 Å². The second-order valence-corrected chi connectivity index (χ2v) is 6.53. The first-order valence-corrected chi connectivity index (χ1v) is 7.14. The Kier molecular flexibility index (Phi) is 4.22. The molecule has 0 radical (unpaired) electrons. The van der Waals surface area contributed by atoms with Gasteiger partial charge in [-0.3, -0.25) is 4.90 Å². The fourth-order valence-electron chi connectivity index (χ4n) is 2.29. The lowest BCUT2D eigenvalue weighted by atomic mass is 9.96. The van der Waals surface area contributed by atoms with Crippen LogP contribution >= 0.6 is 0 Å². The molecule has 2 fully saturated rings. The summed E-state index contributed by atoms with van der Waals surface area (Å²) in [6, 6.07) is -0.736. The van der Waals surface area contributed by atoms with Gasteiger partial charge in [-0.1, -0.05) is 0 Å². The highest BCUT2D eigenvalue weighted by atomic mass is 16.6. The summed E-state index contributed by atoms with van der Waals surface area (Å²) in [5.41, 5.74) is -0.632. The Balaban J connectivity index is 1.98. The maximum Gasteiger partial charge on any atom is 0.411 e. The molecule has 2 atom stereocenters. The van der Waals surface area contributed by atoms with E-state index >= 15 is 0 Å². The van der Waals surface area contributed by atoms with E-state index in [1.54, 1.807) is 20.8 Å². The van der Waals surface area contributed by atoms with Crippen LogP contribution in [0.15, 0.2) is 0 Å². The van der Waals surface area contributed by atoms with E-state index < -0.39 is 29.8 Å². The largest absolute Gasteiger partial charge is 0.461 e. The molecule has 6 nitrogen and oxygen atoms in total. The van der Waals surface area contributed by atoms with Gasteiger partial charge >= 0.3 is 12.1 Å². The Hall–Kier alpha value is -1.30. The van der Waals surface area contributed by atoms with E-state index in [1.807, 2.05) is 0 Å². The van der Waals surface area contributed by atoms with Crippen LogP contribution in [-0.4, -0.2) is 52.5 Å². The number of β-amino-alcohol motifs (C(OH)–C–C–N with tert-alkyl or cyclic N) is 1. The van der Waals surface area contributed by atoms with Crippen molar-refractivity contribution in [3.8, 4) is 0 Å². The van der Waals surface area contributed by atoms with Crippen molar-refractivity contribution in [2.45, 2.75) is 70.3 Å². The number of carbonyl (C=O) groups excluding carboxylic acids is 2. The molecule has 6 heteroatoms. The van der Waals surface area contributed by atoms with Crippen LogP contribution in [-0.2, 0) is 14.3 Å². The lowest BCUT2D eigenvalue weighted by Crippen LogP contribution is -2.45. The van der Waals surface area contributed by atoms with Gasteiger partial charge in [-0.15, -0.1) is 0 Å². The van der Waals surface area contributed by atoms with E-state index in [4.69, 9.17) is 9.47 Å². The van der Waals surface area contributed by atoms with Crippen molar-refractivity contribution < 1.29 is 24.2 Å². The topological polar surface area (TPSA) is 76.1 Å². The van der Waals surface area contributed by atoms with E-state index in [-0.39, 0.29) is 19.1 Å². The number of ether oxygens (including phenoxy) is 2. The van der Waals surface area contributed by atoms with Crippen molar-refractivity contribution in [2.24, 2.45) is 0 Å². The van der Waals surface area contributed by atoms with E-state index in [1.165, 1.54) is 4.90 Å². The van der Waals surface area contributed by atoms with Gasteiger partial charge in [0.25, 0.3) is 0 Å². The summed E-state index contributed by atoms with van der Waals surface area (Å²) in [5.74, 6) is -0.433. The number of rotatable bonds is 2. The molecular formula is C14H23NO5. The summed E-state index contributed by atoms with van der Waals surface area (Å²) < 4.78 is 10.6. The van der Waals surface area contributed by atoms with Crippen LogP contribution in [0, 0.1) is 0 Å². The molecule has 2 aliphatic rings. The third-order valence-electron chi connectivity index (χ3n) is 3.51. The number of amides is 1. The number of esters is 1. The molecular weight excluding hydrogens is 262 g/mol. The molecule has 0 bridgehead atoms. The van der Waals surface area contributed by atoms with Crippen LogP contribution < -0.4 is 0 Å². The normalized spacial score (nSPS) is 27.1.